The third-order valence-electron chi connectivity index (χ3n) is 2.72. The number of hydrogen-bond donors (Lipinski definition) is 1. The van der Waals surface area contributed by atoms with Gasteiger partial charge in [-0.05, 0) is 54.1 Å². The van der Waals surface area contributed by atoms with Crippen LogP contribution in [-0.4, -0.2) is 29.8 Å². The van der Waals surface area contributed by atoms with Gasteiger partial charge in [0.2, 0.25) is 5.95 Å². The molecule has 102 valence electrons. The lowest BCUT2D eigenvalue weighted by Gasteiger charge is -2.09. The lowest BCUT2D eigenvalue weighted by atomic mass is 10.3. The highest BCUT2D eigenvalue weighted by Crippen LogP contribution is 2.18. The van der Waals surface area contributed by atoms with Crippen molar-refractivity contribution in [3.8, 4) is 5.69 Å². The fourth-order valence-electron chi connectivity index (χ4n) is 1.86. The number of imidazole rings is 1. The van der Waals surface area contributed by atoms with Crippen molar-refractivity contribution in [3.63, 3.8) is 0 Å². The van der Waals surface area contributed by atoms with Gasteiger partial charge in [0.25, 0.3) is 0 Å². The summed E-state index contributed by atoms with van der Waals surface area (Å²) >= 11 is 2.32. The Morgan fingerprint density at radius 2 is 2.26 bits per heavy atom. The second kappa shape index (κ2) is 6.91. The summed E-state index contributed by atoms with van der Waals surface area (Å²) in [5.74, 6) is 0.885. The zero-order valence-electron chi connectivity index (χ0n) is 11.2. The largest absolute Gasteiger partial charge is 0.385 e. The molecule has 0 saturated carbocycles. The van der Waals surface area contributed by atoms with Crippen molar-refractivity contribution >= 4 is 28.5 Å². The Bertz CT molecular complexity index is 539. The van der Waals surface area contributed by atoms with Crippen molar-refractivity contribution in [2.24, 2.45) is 0 Å². The zero-order chi connectivity index (χ0) is 13.7. The van der Waals surface area contributed by atoms with E-state index in [0.717, 1.165) is 36.9 Å². The van der Waals surface area contributed by atoms with Crippen LogP contribution in [0.1, 0.15) is 12.1 Å². The van der Waals surface area contributed by atoms with Crippen LogP contribution >= 0.6 is 22.6 Å². The molecule has 0 aliphatic heterocycles. The second-order valence-corrected chi connectivity index (χ2v) is 5.57. The standard InChI is InChI=1S/C14H18IN3O/c1-11-10-18(13-6-3-5-12(15)9-13)14(17-11)16-7-4-8-19-2/h3,5-6,9-10H,4,7-8H2,1-2H3,(H,16,17). The van der Waals surface area contributed by atoms with Crippen molar-refractivity contribution in [2.75, 3.05) is 25.6 Å². The number of benzene rings is 1. The predicted molar refractivity (Wildman–Crippen MR) is 86.0 cm³/mol. The van der Waals surface area contributed by atoms with Crippen LogP contribution in [0, 0.1) is 10.5 Å². The monoisotopic (exact) mass is 371 g/mol. The highest BCUT2D eigenvalue weighted by Gasteiger charge is 2.07. The van der Waals surface area contributed by atoms with Crippen LogP contribution in [0.15, 0.2) is 30.5 Å². The van der Waals surface area contributed by atoms with E-state index < -0.39 is 0 Å². The van der Waals surface area contributed by atoms with Gasteiger partial charge in [-0.3, -0.25) is 4.57 Å². The molecule has 2 rings (SSSR count). The van der Waals surface area contributed by atoms with E-state index >= 15 is 0 Å². The number of rotatable bonds is 6. The average Bonchev–Trinajstić information content (AvgIpc) is 2.76. The van der Waals surface area contributed by atoms with Crippen LogP contribution in [0.25, 0.3) is 5.69 Å². The molecule has 0 fully saturated rings. The van der Waals surface area contributed by atoms with Crippen LogP contribution < -0.4 is 5.32 Å². The molecular formula is C14H18IN3O. The Hall–Kier alpha value is -1.08. The molecule has 0 amide bonds. The number of hydrogen-bond acceptors (Lipinski definition) is 3. The third kappa shape index (κ3) is 3.94. The van der Waals surface area contributed by atoms with Gasteiger partial charge in [0.1, 0.15) is 0 Å². The predicted octanol–water partition coefficient (Wildman–Crippen LogP) is 3.23. The van der Waals surface area contributed by atoms with E-state index in [9.17, 15) is 0 Å². The van der Waals surface area contributed by atoms with Crippen LogP contribution in [0.2, 0.25) is 0 Å². The first-order chi connectivity index (χ1) is 9.20. The molecular weight excluding hydrogens is 353 g/mol. The van der Waals surface area contributed by atoms with Crippen molar-refractivity contribution in [1.29, 1.82) is 0 Å². The molecule has 0 unspecified atom stereocenters. The van der Waals surface area contributed by atoms with E-state index in [4.69, 9.17) is 4.74 Å². The Morgan fingerprint density at radius 3 is 3.00 bits per heavy atom. The summed E-state index contributed by atoms with van der Waals surface area (Å²) in [6.07, 6.45) is 3.01. The van der Waals surface area contributed by atoms with E-state index in [1.54, 1.807) is 7.11 Å². The maximum Gasteiger partial charge on any atom is 0.207 e. The molecule has 2 aromatic rings. The molecule has 0 aliphatic rings. The molecule has 19 heavy (non-hydrogen) atoms. The van der Waals surface area contributed by atoms with E-state index in [0.29, 0.717) is 0 Å². The zero-order valence-corrected chi connectivity index (χ0v) is 13.3. The number of nitrogens with zero attached hydrogens (tertiary/aromatic N) is 2. The number of aromatic nitrogens is 2. The number of halogens is 1. The molecule has 1 aromatic carbocycles. The molecule has 1 N–H and O–H groups in total. The van der Waals surface area contributed by atoms with Gasteiger partial charge in [0, 0.05) is 35.7 Å². The first kappa shape index (κ1) is 14.3. The third-order valence-corrected chi connectivity index (χ3v) is 3.39. The lowest BCUT2D eigenvalue weighted by Crippen LogP contribution is -2.09. The number of ether oxygens (including phenoxy) is 1. The fourth-order valence-corrected chi connectivity index (χ4v) is 2.39. The lowest BCUT2D eigenvalue weighted by molar-refractivity contribution is 0.197. The SMILES string of the molecule is COCCCNc1nc(C)cn1-c1cccc(I)c1. The minimum Gasteiger partial charge on any atom is -0.385 e. The van der Waals surface area contributed by atoms with E-state index in [-0.39, 0.29) is 0 Å². The molecule has 0 aliphatic carbocycles. The number of anilines is 1. The first-order valence-corrected chi connectivity index (χ1v) is 7.33. The summed E-state index contributed by atoms with van der Waals surface area (Å²) in [4.78, 5) is 4.52. The molecule has 4 nitrogen and oxygen atoms in total. The van der Waals surface area contributed by atoms with E-state index in [1.807, 2.05) is 13.1 Å². The Balaban J connectivity index is 2.16. The van der Waals surface area contributed by atoms with Crippen molar-refractivity contribution in [1.82, 2.24) is 9.55 Å². The fraction of sp³-hybridized carbons (Fsp3) is 0.357. The van der Waals surface area contributed by atoms with Gasteiger partial charge in [-0.15, -0.1) is 0 Å². The Labute approximate surface area is 127 Å². The summed E-state index contributed by atoms with van der Waals surface area (Å²) in [7, 11) is 1.72. The molecule has 0 radical (unpaired) electrons. The average molecular weight is 371 g/mol. The van der Waals surface area contributed by atoms with E-state index in [1.165, 1.54) is 3.57 Å². The Kier molecular flexibility index (Phi) is 5.21. The van der Waals surface area contributed by atoms with Gasteiger partial charge in [0.05, 0.1) is 5.69 Å². The minimum absolute atomic E-state index is 0.760. The molecule has 0 bridgehead atoms. The van der Waals surface area contributed by atoms with Gasteiger partial charge in [0.15, 0.2) is 0 Å². The normalized spacial score (nSPS) is 10.7. The summed E-state index contributed by atoms with van der Waals surface area (Å²) in [5.41, 5.74) is 2.13. The van der Waals surface area contributed by atoms with Crippen molar-refractivity contribution in [2.45, 2.75) is 13.3 Å². The van der Waals surface area contributed by atoms with Gasteiger partial charge in [-0.1, -0.05) is 6.07 Å². The van der Waals surface area contributed by atoms with Crippen LogP contribution in [0.4, 0.5) is 5.95 Å². The molecule has 0 atom stereocenters. The summed E-state index contributed by atoms with van der Waals surface area (Å²) in [6, 6.07) is 8.37. The van der Waals surface area contributed by atoms with Crippen molar-refractivity contribution < 1.29 is 4.74 Å². The number of nitrogens with one attached hydrogen (secondary N) is 1. The first-order valence-electron chi connectivity index (χ1n) is 6.25. The molecule has 1 aromatic heterocycles. The van der Waals surface area contributed by atoms with E-state index in [2.05, 4.69) is 61.7 Å². The van der Waals surface area contributed by atoms with Gasteiger partial charge in [-0.2, -0.15) is 0 Å². The smallest absolute Gasteiger partial charge is 0.207 e. The second-order valence-electron chi connectivity index (χ2n) is 4.33. The van der Waals surface area contributed by atoms with Crippen LogP contribution in [0.3, 0.4) is 0 Å². The van der Waals surface area contributed by atoms with Crippen molar-refractivity contribution in [3.05, 3.63) is 39.7 Å². The summed E-state index contributed by atoms with van der Waals surface area (Å²) in [6.45, 7) is 3.62. The maximum atomic E-state index is 5.05. The highest BCUT2D eigenvalue weighted by atomic mass is 127. The quantitative estimate of drug-likeness (QED) is 0.626. The summed E-state index contributed by atoms with van der Waals surface area (Å²) < 4.78 is 8.35. The minimum atomic E-state index is 0.760. The maximum absolute atomic E-state index is 5.05. The molecule has 0 spiro atoms. The Morgan fingerprint density at radius 1 is 1.42 bits per heavy atom. The van der Waals surface area contributed by atoms with Gasteiger partial charge in [-0.25, -0.2) is 4.98 Å². The topological polar surface area (TPSA) is 39.1 Å². The van der Waals surface area contributed by atoms with Gasteiger partial charge < -0.3 is 10.1 Å². The highest BCUT2D eigenvalue weighted by molar-refractivity contribution is 14.1. The summed E-state index contributed by atoms with van der Waals surface area (Å²) in [5, 5.41) is 3.36. The van der Waals surface area contributed by atoms with Crippen LogP contribution in [0.5, 0.6) is 0 Å². The molecule has 1 heterocycles. The molecule has 5 heteroatoms. The molecule has 0 saturated heterocycles. The number of aryl methyl sites for hydroxylation is 1. The van der Waals surface area contributed by atoms with Crippen LogP contribution in [-0.2, 0) is 4.74 Å². The van der Waals surface area contributed by atoms with Gasteiger partial charge >= 0.3 is 0 Å². The number of methoxy groups -OCH3 is 1.